The lowest BCUT2D eigenvalue weighted by Gasteiger charge is -2.43. The Balaban J connectivity index is 2.95. The van der Waals surface area contributed by atoms with Crippen LogP contribution in [-0.2, 0) is 4.79 Å². The molecule has 0 bridgehead atoms. The Morgan fingerprint density at radius 1 is 1.00 bits per heavy atom. The summed E-state index contributed by atoms with van der Waals surface area (Å²) in [5.41, 5.74) is 0. The van der Waals surface area contributed by atoms with Gasteiger partial charge in [0.05, 0.1) is 0 Å². The molecule has 1 unspecified atom stereocenters. The number of rotatable bonds is 6. The second kappa shape index (κ2) is 8.05. The molecule has 0 radical (unpaired) electrons. The van der Waals surface area contributed by atoms with E-state index in [0.29, 0.717) is 29.8 Å². The molecule has 0 aromatic carbocycles. The molecule has 1 fully saturated rings. The number of amides is 1. The maximum atomic E-state index is 12.8. The van der Waals surface area contributed by atoms with Gasteiger partial charge in [-0.1, -0.05) is 60.8 Å². The van der Waals surface area contributed by atoms with E-state index in [9.17, 15) is 4.79 Å². The van der Waals surface area contributed by atoms with Crippen LogP contribution in [0.3, 0.4) is 0 Å². The molecule has 0 spiro atoms. The topological polar surface area (TPSA) is 20.3 Å². The van der Waals surface area contributed by atoms with E-state index in [1.54, 1.807) is 0 Å². The van der Waals surface area contributed by atoms with Gasteiger partial charge in [0.1, 0.15) is 0 Å². The Morgan fingerprint density at radius 2 is 1.55 bits per heavy atom. The van der Waals surface area contributed by atoms with Crippen LogP contribution in [0.15, 0.2) is 0 Å². The molecule has 20 heavy (non-hydrogen) atoms. The van der Waals surface area contributed by atoms with E-state index < -0.39 is 0 Å². The largest absolute Gasteiger partial charge is 0.336 e. The zero-order chi connectivity index (χ0) is 15.3. The van der Waals surface area contributed by atoms with Gasteiger partial charge < -0.3 is 4.90 Å². The van der Waals surface area contributed by atoms with Crippen LogP contribution in [0, 0.1) is 17.8 Å². The molecule has 0 heterocycles. The van der Waals surface area contributed by atoms with Gasteiger partial charge in [-0.05, 0) is 31.1 Å². The summed E-state index contributed by atoms with van der Waals surface area (Å²) in [7, 11) is 0. The molecule has 1 aliphatic rings. The van der Waals surface area contributed by atoms with Crippen molar-refractivity contribution in [2.24, 2.45) is 17.8 Å². The molecule has 0 aromatic rings. The van der Waals surface area contributed by atoms with Crippen LogP contribution in [0.1, 0.15) is 80.1 Å². The quantitative estimate of drug-likeness (QED) is 0.680. The van der Waals surface area contributed by atoms with E-state index in [-0.39, 0.29) is 5.92 Å². The molecule has 0 aromatic heterocycles. The van der Waals surface area contributed by atoms with Gasteiger partial charge in [-0.25, -0.2) is 0 Å². The molecule has 118 valence electrons. The maximum Gasteiger partial charge on any atom is 0.225 e. The first-order valence-corrected chi connectivity index (χ1v) is 8.66. The molecule has 1 rings (SSSR count). The molecular formula is C18H35NO. The van der Waals surface area contributed by atoms with E-state index in [1.165, 1.54) is 32.1 Å². The lowest BCUT2D eigenvalue weighted by Crippen LogP contribution is -2.52. The van der Waals surface area contributed by atoms with Crippen molar-refractivity contribution in [3.63, 3.8) is 0 Å². The van der Waals surface area contributed by atoms with Crippen molar-refractivity contribution in [1.29, 1.82) is 0 Å². The Kier molecular flexibility index (Phi) is 7.05. The van der Waals surface area contributed by atoms with Crippen molar-refractivity contribution >= 4 is 5.91 Å². The number of carbonyl (C=O) groups excluding carboxylic acids is 1. The van der Waals surface area contributed by atoms with Crippen molar-refractivity contribution < 1.29 is 4.79 Å². The summed E-state index contributed by atoms with van der Waals surface area (Å²) < 4.78 is 0. The van der Waals surface area contributed by atoms with Gasteiger partial charge in [-0.2, -0.15) is 0 Å². The minimum atomic E-state index is 0.116. The highest BCUT2D eigenvalue weighted by atomic mass is 16.2. The summed E-state index contributed by atoms with van der Waals surface area (Å²) >= 11 is 0. The fraction of sp³-hybridized carbons (Fsp3) is 0.944. The van der Waals surface area contributed by atoms with E-state index >= 15 is 0 Å². The van der Waals surface area contributed by atoms with E-state index in [0.717, 1.165) is 6.42 Å². The summed E-state index contributed by atoms with van der Waals surface area (Å²) in [6, 6.07) is 0.901. The fourth-order valence-corrected chi connectivity index (χ4v) is 3.46. The summed E-state index contributed by atoms with van der Waals surface area (Å²) in [5, 5.41) is 0. The minimum absolute atomic E-state index is 0.116. The Labute approximate surface area is 126 Å². The van der Waals surface area contributed by atoms with Crippen molar-refractivity contribution in [3.8, 4) is 0 Å². The standard InChI is InChI=1S/C18H35NO/c1-13(2)12-17(14(3)4)19(18(20)15(5)6)16-10-8-7-9-11-16/h13-17H,7-12H2,1-6H3. The number of hydrogen-bond acceptors (Lipinski definition) is 1. The van der Waals surface area contributed by atoms with Crippen LogP contribution >= 0.6 is 0 Å². The number of carbonyl (C=O) groups is 1. The number of nitrogens with zero attached hydrogens (tertiary/aromatic N) is 1. The molecule has 0 aliphatic heterocycles. The third-order valence-corrected chi connectivity index (χ3v) is 4.56. The van der Waals surface area contributed by atoms with Crippen LogP contribution in [-0.4, -0.2) is 22.9 Å². The summed E-state index contributed by atoms with van der Waals surface area (Å²) in [6.07, 6.45) is 7.47. The average Bonchev–Trinajstić information content (AvgIpc) is 2.38. The van der Waals surface area contributed by atoms with Gasteiger partial charge >= 0.3 is 0 Å². The van der Waals surface area contributed by atoms with Gasteiger partial charge in [0, 0.05) is 18.0 Å². The van der Waals surface area contributed by atoms with Gasteiger partial charge in [0.25, 0.3) is 0 Å². The predicted molar refractivity (Wildman–Crippen MR) is 86.6 cm³/mol. The van der Waals surface area contributed by atoms with Gasteiger partial charge in [-0.3, -0.25) is 4.79 Å². The second-order valence-corrected chi connectivity index (χ2v) is 7.63. The molecule has 1 aliphatic carbocycles. The van der Waals surface area contributed by atoms with Crippen molar-refractivity contribution in [1.82, 2.24) is 4.90 Å². The molecule has 1 saturated carbocycles. The molecule has 0 N–H and O–H groups in total. The van der Waals surface area contributed by atoms with Gasteiger partial charge in [0.2, 0.25) is 5.91 Å². The van der Waals surface area contributed by atoms with Crippen molar-refractivity contribution in [2.45, 2.75) is 92.2 Å². The second-order valence-electron chi connectivity index (χ2n) is 7.63. The van der Waals surface area contributed by atoms with Crippen LogP contribution < -0.4 is 0 Å². The Hall–Kier alpha value is -0.530. The molecule has 1 atom stereocenters. The van der Waals surface area contributed by atoms with Crippen LogP contribution in [0.2, 0.25) is 0 Å². The SMILES string of the molecule is CC(C)CC(C(C)C)N(C(=O)C(C)C)C1CCCCC1. The highest BCUT2D eigenvalue weighted by Crippen LogP contribution is 2.30. The lowest BCUT2D eigenvalue weighted by molar-refractivity contribution is -0.142. The highest BCUT2D eigenvalue weighted by molar-refractivity contribution is 5.78. The summed E-state index contributed by atoms with van der Waals surface area (Å²) in [4.78, 5) is 15.1. The first-order valence-electron chi connectivity index (χ1n) is 8.66. The van der Waals surface area contributed by atoms with E-state index in [2.05, 4.69) is 32.6 Å². The molecule has 2 heteroatoms. The van der Waals surface area contributed by atoms with E-state index in [4.69, 9.17) is 0 Å². The lowest BCUT2D eigenvalue weighted by atomic mass is 9.87. The fourth-order valence-electron chi connectivity index (χ4n) is 3.46. The Bertz CT molecular complexity index is 290. The van der Waals surface area contributed by atoms with E-state index in [1.807, 2.05) is 13.8 Å². The monoisotopic (exact) mass is 281 g/mol. The van der Waals surface area contributed by atoms with Crippen LogP contribution in [0.25, 0.3) is 0 Å². The third-order valence-electron chi connectivity index (χ3n) is 4.56. The average molecular weight is 281 g/mol. The molecule has 0 saturated heterocycles. The molecule has 1 amide bonds. The first kappa shape index (κ1) is 17.5. The predicted octanol–water partition coefficient (Wildman–Crippen LogP) is 4.87. The molecule has 2 nitrogen and oxygen atoms in total. The molecular weight excluding hydrogens is 246 g/mol. The normalized spacial score (nSPS) is 18.9. The highest BCUT2D eigenvalue weighted by Gasteiger charge is 2.34. The van der Waals surface area contributed by atoms with Gasteiger partial charge in [-0.15, -0.1) is 0 Å². The smallest absolute Gasteiger partial charge is 0.225 e. The minimum Gasteiger partial charge on any atom is -0.336 e. The van der Waals surface area contributed by atoms with Crippen molar-refractivity contribution in [2.75, 3.05) is 0 Å². The third kappa shape index (κ3) is 4.79. The number of hydrogen-bond donors (Lipinski definition) is 0. The Morgan fingerprint density at radius 3 is 1.95 bits per heavy atom. The summed E-state index contributed by atoms with van der Waals surface area (Å²) in [6.45, 7) is 13.2. The summed E-state index contributed by atoms with van der Waals surface area (Å²) in [5.74, 6) is 1.68. The first-order chi connectivity index (χ1) is 9.34. The van der Waals surface area contributed by atoms with Gasteiger partial charge in [0.15, 0.2) is 0 Å². The van der Waals surface area contributed by atoms with Crippen molar-refractivity contribution in [3.05, 3.63) is 0 Å². The zero-order valence-corrected chi connectivity index (χ0v) is 14.5. The van der Waals surface area contributed by atoms with Crippen LogP contribution in [0.5, 0.6) is 0 Å². The van der Waals surface area contributed by atoms with Crippen LogP contribution in [0.4, 0.5) is 0 Å². The maximum absolute atomic E-state index is 12.8. The zero-order valence-electron chi connectivity index (χ0n) is 14.5.